The normalized spacial score (nSPS) is 26.6. The molecule has 5 N–H and O–H groups in total. The largest absolute Gasteiger partial charge is 0.444 e. The number of carbonyl (C=O) groups excluding carboxylic acids is 2. The summed E-state index contributed by atoms with van der Waals surface area (Å²) in [6.45, 7) is 7.13. The van der Waals surface area contributed by atoms with Crippen LogP contribution in [0.5, 0.6) is 0 Å². The zero-order valence-electron chi connectivity index (χ0n) is 38.7. The van der Waals surface area contributed by atoms with Crippen molar-refractivity contribution in [2.45, 2.75) is 127 Å². The number of nitrogens with one attached hydrogen (secondary N) is 5. The molecule has 1 aliphatic heterocycles. The second-order valence-electron chi connectivity index (χ2n) is 21.3. The van der Waals surface area contributed by atoms with Gasteiger partial charge in [-0.2, -0.15) is 10.2 Å². The van der Waals surface area contributed by atoms with E-state index in [9.17, 15) is 19.2 Å². The van der Waals surface area contributed by atoms with Crippen LogP contribution in [0.3, 0.4) is 0 Å². The highest BCUT2D eigenvalue weighted by atomic mass is 16.6. The predicted molar refractivity (Wildman–Crippen MR) is 260 cm³/mol. The first kappa shape index (κ1) is 44.5. The Morgan fingerprint density at radius 3 is 1.72 bits per heavy atom. The van der Waals surface area contributed by atoms with Gasteiger partial charge in [-0.1, -0.05) is 97.1 Å². The van der Waals surface area contributed by atoms with Crippen LogP contribution in [0.15, 0.2) is 119 Å². The van der Waals surface area contributed by atoms with Gasteiger partial charge < -0.3 is 25.6 Å². The molecule has 13 nitrogen and oxygen atoms in total. The number of hydrogen-bond acceptors (Lipinski definition) is 8. The van der Waals surface area contributed by atoms with Gasteiger partial charge in [-0.3, -0.25) is 9.59 Å². The van der Waals surface area contributed by atoms with Crippen LogP contribution in [-0.4, -0.2) is 80.3 Å². The molecule has 2 aromatic heterocycles. The number of alkyl carbamates (subject to hydrolysis) is 1. The average Bonchev–Trinajstić information content (AvgIpc) is 3.61. The first-order valence-corrected chi connectivity index (χ1v) is 24.1. The van der Waals surface area contributed by atoms with Crippen LogP contribution < -0.4 is 27.1 Å². The summed E-state index contributed by atoms with van der Waals surface area (Å²) in [6, 6.07) is 37.1. The first-order chi connectivity index (χ1) is 32.3. The van der Waals surface area contributed by atoms with Crippen molar-refractivity contribution >= 4 is 33.7 Å². The molecule has 4 aromatic carbocycles. The van der Waals surface area contributed by atoms with Crippen molar-refractivity contribution in [3.8, 4) is 0 Å². The fraction of sp³-hybridized carbons (Fsp3) is 0.444. The van der Waals surface area contributed by atoms with Crippen LogP contribution in [0.1, 0.15) is 106 Å². The van der Waals surface area contributed by atoms with Crippen LogP contribution >= 0.6 is 0 Å². The molecular weight excluding hydrogens is 841 g/mol. The number of benzene rings is 4. The van der Waals surface area contributed by atoms with Gasteiger partial charge in [-0.25, -0.2) is 19.8 Å². The van der Waals surface area contributed by atoms with E-state index in [1.807, 2.05) is 106 Å². The molecule has 2 spiro atoms. The molecule has 4 saturated carbocycles. The maximum Gasteiger partial charge on any atom is 0.407 e. The Kier molecular flexibility index (Phi) is 12.0. The monoisotopic (exact) mass is 902 g/mol. The van der Waals surface area contributed by atoms with Gasteiger partial charge in [0.05, 0.1) is 28.2 Å². The highest BCUT2D eigenvalue weighted by Crippen LogP contribution is 2.63. The number of carbonyl (C=O) groups is 2. The van der Waals surface area contributed by atoms with Crippen LogP contribution in [0, 0.1) is 10.8 Å². The Morgan fingerprint density at radius 2 is 1.18 bits per heavy atom. The number of H-pyrrole nitrogens is 2. The molecular formula is C54H62N8O5. The molecule has 5 aliphatic rings. The number of hydrogen-bond donors (Lipinski definition) is 5. The average molecular weight is 903 g/mol. The number of urea groups is 1. The summed E-state index contributed by atoms with van der Waals surface area (Å²) in [5.74, 6) is 0.785. The summed E-state index contributed by atoms with van der Waals surface area (Å²) in [5.41, 5.74) is 4.43. The van der Waals surface area contributed by atoms with Crippen molar-refractivity contribution in [3.05, 3.63) is 152 Å². The summed E-state index contributed by atoms with van der Waals surface area (Å²) in [7, 11) is 0. The summed E-state index contributed by atoms with van der Waals surface area (Å²) >= 11 is 0. The molecule has 1 saturated heterocycles. The molecule has 13 heteroatoms. The number of rotatable bonds is 11. The third kappa shape index (κ3) is 9.61. The maximum absolute atomic E-state index is 12.6. The molecule has 3 amide bonds. The van der Waals surface area contributed by atoms with E-state index in [1.54, 1.807) is 0 Å². The van der Waals surface area contributed by atoms with Crippen molar-refractivity contribution < 1.29 is 14.3 Å². The van der Waals surface area contributed by atoms with E-state index in [0.29, 0.717) is 41.3 Å². The molecule has 0 radical (unpaired) electrons. The number of aromatic nitrogens is 4. The lowest BCUT2D eigenvalue weighted by Gasteiger charge is -2.59. The molecule has 348 valence electrons. The topological polar surface area (TPSA) is 174 Å². The molecule has 3 heterocycles. The minimum atomic E-state index is -0.526. The molecule has 0 bridgehead atoms. The first-order valence-electron chi connectivity index (χ1n) is 24.1. The zero-order valence-corrected chi connectivity index (χ0v) is 38.7. The summed E-state index contributed by atoms with van der Waals surface area (Å²) in [4.78, 5) is 51.2. The molecule has 6 aromatic rings. The molecule has 0 unspecified atom stereocenters. The van der Waals surface area contributed by atoms with Gasteiger partial charge in [0.1, 0.15) is 5.60 Å². The quantitative estimate of drug-likeness (QED) is 0.0864. The number of fused-ring (bicyclic) bond motifs is 2. The summed E-state index contributed by atoms with van der Waals surface area (Å²) in [5, 5.41) is 27.5. The van der Waals surface area contributed by atoms with Crippen LogP contribution in [-0.2, 0) is 17.6 Å². The van der Waals surface area contributed by atoms with Crippen molar-refractivity contribution in [2.24, 2.45) is 10.8 Å². The summed E-state index contributed by atoms with van der Waals surface area (Å²) in [6.07, 6.45) is 10.1. The second-order valence-corrected chi connectivity index (χ2v) is 21.3. The van der Waals surface area contributed by atoms with Crippen LogP contribution in [0.2, 0.25) is 0 Å². The second kappa shape index (κ2) is 18.0. The lowest BCUT2D eigenvalue weighted by Crippen LogP contribution is -2.57. The van der Waals surface area contributed by atoms with Crippen molar-refractivity contribution in [2.75, 3.05) is 13.1 Å². The highest BCUT2D eigenvalue weighted by molar-refractivity contribution is 5.85. The van der Waals surface area contributed by atoms with Gasteiger partial charge in [-0.05, 0) is 119 Å². The fourth-order valence-electron chi connectivity index (χ4n) is 12.0. The van der Waals surface area contributed by atoms with Gasteiger partial charge in [0.2, 0.25) is 0 Å². The number of ether oxygens (including phenoxy) is 1. The lowest BCUT2D eigenvalue weighted by molar-refractivity contribution is -0.0515. The number of amides is 3. The minimum absolute atomic E-state index is 0.0513. The zero-order chi connectivity index (χ0) is 46.3. The van der Waals surface area contributed by atoms with Crippen molar-refractivity contribution in [1.29, 1.82) is 0 Å². The Morgan fingerprint density at radius 1 is 0.687 bits per heavy atom. The predicted octanol–water partition coefficient (Wildman–Crippen LogP) is 8.26. The van der Waals surface area contributed by atoms with Crippen molar-refractivity contribution in [1.82, 2.24) is 41.2 Å². The Bertz CT molecular complexity index is 2850. The molecule has 67 heavy (non-hydrogen) atoms. The third-order valence-electron chi connectivity index (χ3n) is 15.1. The minimum Gasteiger partial charge on any atom is -0.444 e. The number of aromatic amines is 2. The van der Waals surface area contributed by atoms with E-state index in [0.717, 1.165) is 104 Å². The Labute approximate surface area is 390 Å². The number of nitrogens with zero attached hydrogens (tertiary/aromatic N) is 3. The van der Waals surface area contributed by atoms with Gasteiger partial charge in [0, 0.05) is 53.8 Å². The van der Waals surface area contributed by atoms with E-state index in [1.165, 1.54) is 11.1 Å². The van der Waals surface area contributed by atoms with Gasteiger partial charge in [-0.15, -0.1) is 0 Å². The van der Waals surface area contributed by atoms with E-state index in [-0.39, 0.29) is 35.3 Å². The van der Waals surface area contributed by atoms with E-state index in [4.69, 9.17) is 4.74 Å². The van der Waals surface area contributed by atoms with Crippen molar-refractivity contribution in [3.63, 3.8) is 0 Å². The SMILES string of the molecule is CC(C)(C)OC(=O)N[C@H](CNC1CC2(C1)CC(c1n[nH]c(=O)c3ccccc13)C2)Cc1ccccc1.O=C1N[C@@H](Cc2ccccc2)CN1C1CC2(CC(c3n[nH]c(=O)c4ccccc34)C2)C1. The Hall–Kier alpha value is -6.34. The lowest BCUT2D eigenvalue weighted by atomic mass is 9.49. The van der Waals surface area contributed by atoms with Crippen LogP contribution in [0.4, 0.5) is 9.59 Å². The molecule has 5 fully saturated rings. The van der Waals surface area contributed by atoms with E-state index in [2.05, 4.69) is 65.5 Å². The molecule has 11 rings (SSSR count). The van der Waals surface area contributed by atoms with Crippen LogP contribution in [0.25, 0.3) is 21.5 Å². The maximum atomic E-state index is 12.6. The van der Waals surface area contributed by atoms with E-state index < -0.39 is 5.60 Å². The molecule has 4 aliphatic carbocycles. The van der Waals surface area contributed by atoms with E-state index >= 15 is 0 Å². The smallest absolute Gasteiger partial charge is 0.407 e. The third-order valence-corrected chi connectivity index (χ3v) is 15.1. The highest BCUT2D eigenvalue weighted by Gasteiger charge is 2.57. The fourth-order valence-corrected chi connectivity index (χ4v) is 12.0. The molecule has 2 atom stereocenters. The van der Waals surface area contributed by atoms with Gasteiger partial charge >= 0.3 is 12.1 Å². The van der Waals surface area contributed by atoms with Gasteiger partial charge in [0.25, 0.3) is 11.1 Å². The summed E-state index contributed by atoms with van der Waals surface area (Å²) < 4.78 is 5.50. The standard InChI is InChI=1S/C29H36N4O3.C25H26N4O2/c1-28(2,3)36-27(35)31-21(13-19-9-5-4-6-10-19)18-30-22-16-29(17-22)14-20(15-29)25-23-11-7-8-12-24(23)26(34)33-32-25;30-23-21-9-5-4-8-20(21)22(27-28-23)17-11-25(12-17)13-19(14-25)29-15-18(26-24(29)31)10-16-6-2-1-3-7-16/h4-12,20-22,30H,13-18H2,1-3H3,(H,31,35)(H,33,34);1-9,17-19H,10-15H2,(H,26,31)(H,28,30)/t20?,21-,22?,29?;17?,18-,19?,25?/m00/s1. The van der Waals surface area contributed by atoms with Gasteiger partial charge in [0.15, 0.2) is 0 Å². The Balaban J connectivity index is 0.000000158.